The fraction of sp³-hybridized carbons (Fsp3) is 0.750. The Morgan fingerprint density at radius 2 is 2.21 bits per heavy atom. The molecule has 0 aromatic rings. The van der Waals surface area contributed by atoms with Crippen LogP contribution in [0.25, 0.3) is 0 Å². The molecule has 1 saturated heterocycles. The van der Waals surface area contributed by atoms with E-state index in [2.05, 4.69) is 5.32 Å². The van der Waals surface area contributed by atoms with Crippen molar-refractivity contribution in [1.29, 1.82) is 0 Å². The summed E-state index contributed by atoms with van der Waals surface area (Å²) in [6.45, 7) is 0.789. The molecule has 1 N–H and O–H groups in total. The fourth-order valence-corrected chi connectivity index (χ4v) is 1.37. The third kappa shape index (κ3) is 2.40. The third-order valence-corrected chi connectivity index (χ3v) is 2.05. The van der Waals surface area contributed by atoms with Crippen LogP contribution in [0, 0.1) is 0 Å². The number of hydrogen-bond acceptors (Lipinski definition) is 2. The number of alkyl halides is 2. The molecule has 0 saturated carbocycles. The maximum Gasteiger partial charge on any atom is 0.255 e. The van der Waals surface area contributed by atoms with E-state index in [1.165, 1.54) is 0 Å². The first-order chi connectivity index (χ1) is 6.54. The van der Waals surface area contributed by atoms with Crippen molar-refractivity contribution in [3.05, 3.63) is 0 Å². The van der Waals surface area contributed by atoms with Gasteiger partial charge in [-0.2, -0.15) is 0 Å². The molecule has 1 heterocycles. The van der Waals surface area contributed by atoms with Crippen molar-refractivity contribution in [3.63, 3.8) is 0 Å². The Morgan fingerprint density at radius 1 is 1.57 bits per heavy atom. The second kappa shape index (κ2) is 4.34. The van der Waals surface area contributed by atoms with Gasteiger partial charge in [0.2, 0.25) is 11.8 Å². The fourth-order valence-electron chi connectivity index (χ4n) is 1.37. The van der Waals surface area contributed by atoms with Gasteiger partial charge in [-0.25, -0.2) is 8.78 Å². The standard InChI is InChI=1S/C8H12F2N2O2/c1-2-5-8(14)12(3-6(9)10)4-7(13)11-5/h5-6H,2-4H2,1H3,(H,11,13). The van der Waals surface area contributed by atoms with Crippen molar-refractivity contribution in [2.24, 2.45) is 0 Å². The van der Waals surface area contributed by atoms with E-state index in [-0.39, 0.29) is 12.5 Å². The van der Waals surface area contributed by atoms with E-state index in [0.29, 0.717) is 6.42 Å². The van der Waals surface area contributed by atoms with Crippen LogP contribution in [0.15, 0.2) is 0 Å². The van der Waals surface area contributed by atoms with Gasteiger partial charge in [0, 0.05) is 0 Å². The van der Waals surface area contributed by atoms with E-state index in [0.717, 1.165) is 4.90 Å². The second-order valence-electron chi connectivity index (χ2n) is 3.14. The van der Waals surface area contributed by atoms with E-state index in [4.69, 9.17) is 0 Å². The van der Waals surface area contributed by atoms with Crippen LogP contribution in [0.5, 0.6) is 0 Å². The Labute approximate surface area is 80.3 Å². The number of carbonyl (C=O) groups excluding carboxylic acids is 2. The molecule has 80 valence electrons. The Hall–Kier alpha value is -1.20. The number of halogens is 2. The third-order valence-electron chi connectivity index (χ3n) is 2.05. The van der Waals surface area contributed by atoms with Gasteiger partial charge in [-0.05, 0) is 6.42 Å². The zero-order chi connectivity index (χ0) is 10.7. The smallest absolute Gasteiger partial charge is 0.255 e. The molecule has 0 radical (unpaired) electrons. The van der Waals surface area contributed by atoms with Gasteiger partial charge in [0.1, 0.15) is 6.04 Å². The summed E-state index contributed by atoms with van der Waals surface area (Å²) in [7, 11) is 0. The first-order valence-electron chi connectivity index (χ1n) is 4.41. The number of nitrogens with one attached hydrogen (secondary N) is 1. The van der Waals surface area contributed by atoms with E-state index < -0.39 is 24.9 Å². The highest BCUT2D eigenvalue weighted by molar-refractivity contribution is 5.94. The minimum atomic E-state index is -2.60. The number of hydrogen-bond donors (Lipinski definition) is 1. The summed E-state index contributed by atoms with van der Waals surface area (Å²) in [5.41, 5.74) is 0. The van der Waals surface area contributed by atoms with Crippen LogP contribution in [0.1, 0.15) is 13.3 Å². The number of piperazine rings is 1. The number of carbonyl (C=O) groups is 2. The minimum absolute atomic E-state index is 0.264. The molecule has 1 fully saturated rings. The van der Waals surface area contributed by atoms with Gasteiger partial charge >= 0.3 is 0 Å². The van der Waals surface area contributed by atoms with Gasteiger partial charge in [0.15, 0.2) is 0 Å². The lowest BCUT2D eigenvalue weighted by Crippen LogP contribution is -2.58. The molecule has 2 amide bonds. The molecule has 1 unspecified atom stereocenters. The quantitative estimate of drug-likeness (QED) is 0.706. The van der Waals surface area contributed by atoms with Gasteiger partial charge in [-0.15, -0.1) is 0 Å². The van der Waals surface area contributed by atoms with Crippen LogP contribution >= 0.6 is 0 Å². The molecule has 1 aliphatic heterocycles. The zero-order valence-corrected chi connectivity index (χ0v) is 7.80. The highest BCUT2D eigenvalue weighted by Gasteiger charge is 2.32. The summed E-state index contributed by atoms with van der Waals surface area (Å²) >= 11 is 0. The normalized spacial score (nSPS) is 22.9. The lowest BCUT2D eigenvalue weighted by molar-refractivity contribution is -0.146. The van der Waals surface area contributed by atoms with Gasteiger partial charge in [-0.1, -0.05) is 6.92 Å². The van der Waals surface area contributed by atoms with Crippen molar-refractivity contribution in [3.8, 4) is 0 Å². The molecule has 1 rings (SSSR count). The lowest BCUT2D eigenvalue weighted by Gasteiger charge is -2.31. The maximum atomic E-state index is 12.0. The molecule has 4 nitrogen and oxygen atoms in total. The average Bonchev–Trinajstić information content (AvgIpc) is 2.09. The van der Waals surface area contributed by atoms with Crippen LogP contribution < -0.4 is 5.32 Å². The summed E-state index contributed by atoms with van der Waals surface area (Å²) in [6.07, 6.45) is -2.17. The molecule has 0 aliphatic carbocycles. The van der Waals surface area contributed by atoms with E-state index in [1.807, 2.05) is 0 Å². The van der Waals surface area contributed by atoms with Gasteiger partial charge in [0.25, 0.3) is 6.43 Å². The van der Waals surface area contributed by atoms with E-state index >= 15 is 0 Å². The van der Waals surface area contributed by atoms with E-state index in [1.54, 1.807) is 6.92 Å². The molecule has 14 heavy (non-hydrogen) atoms. The van der Waals surface area contributed by atoms with Gasteiger partial charge < -0.3 is 10.2 Å². The second-order valence-corrected chi connectivity index (χ2v) is 3.14. The Bertz CT molecular complexity index is 245. The molecule has 0 spiro atoms. The lowest BCUT2D eigenvalue weighted by atomic mass is 10.1. The summed E-state index contributed by atoms with van der Waals surface area (Å²) in [5, 5.41) is 2.44. The summed E-state index contributed by atoms with van der Waals surface area (Å²) < 4.78 is 24.1. The predicted octanol–water partition coefficient (Wildman–Crippen LogP) is -0.0115. The summed E-state index contributed by atoms with van der Waals surface area (Å²) in [5.74, 6) is -0.801. The highest BCUT2D eigenvalue weighted by Crippen LogP contribution is 2.07. The Balaban J connectivity index is 2.65. The molecule has 1 atom stereocenters. The van der Waals surface area contributed by atoms with Crippen LogP contribution in [0.2, 0.25) is 0 Å². The molecular weight excluding hydrogens is 194 g/mol. The predicted molar refractivity (Wildman–Crippen MR) is 44.8 cm³/mol. The summed E-state index contributed by atoms with van der Waals surface area (Å²) in [4.78, 5) is 23.3. The van der Waals surface area contributed by atoms with Crippen LogP contribution in [0.3, 0.4) is 0 Å². The van der Waals surface area contributed by atoms with Crippen molar-refractivity contribution < 1.29 is 18.4 Å². The van der Waals surface area contributed by atoms with Crippen molar-refractivity contribution in [2.45, 2.75) is 25.8 Å². The Morgan fingerprint density at radius 3 is 2.71 bits per heavy atom. The molecule has 0 bridgehead atoms. The summed E-state index contributed by atoms with van der Waals surface area (Å²) in [6, 6.07) is -0.644. The van der Waals surface area contributed by atoms with Crippen molar-refractivity contribution in [2.75, 3.05) is 13.1 Å². The molecule has 6 heteroatoms. The van der Waals surface area contributed by atoms with Gasteiger partial charge in [0.05, 0.1) is 13.1 Å². The maximum absolute atomic E-state index is 12.0. The van der Waals surface area contributed by atoms with Crippen molar-refractivity contribution in [1.82, 2.24) is 10.2 Å². The first-order valence-corrected chi connectivity index (χ1v) is 4.41. The van der Waals surface area contributed by atoms with Gasteiger partial charge in [-0.3, -0.25) is 9.59 Å². The Kier molecular flexibility index (Phi) is 3.38. The highest BCUT2D eigenvalue weighted by atomic mass is 19.3. The van der Waals surface area contributed by atoms with E-state index in [9.17, 15) is 18.4 Å². The minimum Gasteiger partial charge on any atom is -0.343 e. The number of nitrogens with zero attached hydrogens (tertiary/aromatic N) is 1. The number of amides is 2. The zero-order valence-electron chi connectivity index (χ0n) is 7.80. The topological polar surface area (TPSA) is 49.4 Å². The van der Waals surface area contributed by atoms with Crippen LogP contribution in [-0.2, 0) is 9.59 Å². The van der Waals surface area contributed by atoms with Crippen molar-refractivity contribution >= 4 is 11.8 Å². The molecule has 0 aromatic carbocycles. The molecular formula is C8H12F2N2O2. The largest absolute Gasteiger partial charge is 0.343 e. The molecule has 0 aromatic heterocycles. The first kappa shape index (κ1) is 10.9. The van der Waals surface area contributed by atoms with Crippen LogP contribution in [0.4, 0.5) is 8.78 Å². The number of rotatable bonds is 3. The van der Waals surface area contributed by atoms with Crippen LogP contribution in [-0.4, -0.2) is 42.3 Å². The molecule has 1 aliphatic rings. The monoisotopic (exact) mass is 206 g/mol. The SMILES string of the molecule is CCC1NC(=O)CN(CC(F)F)C1=O. The average molecular weight is 206 g/mol.